The molecule has 0 heterocycles. The molecular formula is C10H18N2O3. The Morgan fingerprint density at radius 2 is 2.07 bits per heavy atom. The SMILES string of the molecule is C=NC(=C)CN(CO)C(=O)OC(C)(C)C. The molecule has 0 unspecified atom stereocenters. The van der Waals surface area contributed by atoms with Crippen molar-refractivity contribution in [2.45, 2.75) is 26.4 Å². The van der Waals surface area contributed by atoms with E-state index in [9.17, 15) is 4.79 Å². The second kappa shape index (κ2) is 5.50. The van der Waals surface area contributed by atoms with Gasteiger partial charge in [-0.1, -0.05) is 6.58 Å². The fourth-order valence-corrected chi connectivity index (χ4v) is 0.769. The lowest BCUT2D eigenvalue weighted by Crippen LogP contribution is -2.38. The Morgan fingerprint density at radius 3 is 2.40 bits per heavy atom. The fourth-order valence-electron chi connectivity index (χ4n) is 0.769. The van der Waals surface area contributed by atoms with Crippen molar-refractivity contribution in [1.29, 1.82) is 0 Å². The fraction of sp³-hybridized carbons (Fsp3) is 0.600. The molecule has 0 aromatic carbocycles. The van der Waals surface area contributed by atoms with Gasteiger partial charge in [-0.15, -0.1) is 0 Å². The van der Waals surface area contributed by atoms with Crippen LogP contribution < -0.4 is 0 Å². The summed E-state index contributed by atoms with van der Waals surface area (Å²) in [7, 11) is 0. The molecule has 5 nitrogen and oxygen atoms in total. The van der Waals surface area contributed by atoms with E-state index in [0.717, 1.165) is 4.90 Å². The third-order valence-electron chi connectivity index (χ3n) is 1.42. The summed E-state index contributed by atoms with van der Waals surface area (Å²) in [6.07, 6.45) is -0.602. The van der Waals surface area contributed by atoms with Crippen LogP contribution in [-0.2, 0) is 4.74 Å². The average molecular weight is 214 g/mol. The first-order chi connectivity index (χ1) is 6.80. The highest BCUT2D eigenvalue weighted by Gasteiger charge is 2.21. The minimum absolute atomic E-state index is 0.106. The number of carbonyl (C=O) groups excluding carboxylic acids is 1. The van der Waals surface area contributed by atoms with Crippen LogP contribution >= 0.6 is 0 Å². The summed E-state index contributed by atoms with van der Waals surface area (Å²) in [6.45, 7) is 11.7. The number of nitrogens with zero attached hydrogens (tertiary/aromatic N) is 2. The Labute approximate surface area is 90.1 Å². The lowest BCUT2D eigenvalue weighted by Gasteiger charge is -2.25. The van der Waals surface area contributed by atoms with E-state index in [1.165, 1.54) is 0 Å². The lowest BCUT2D eigenvalue weighted by molar-refractivity contribution is 0.00881. The van der Waals surface area contributed by atoms with Crippen molar-refractivity contribution in [3.05, 3.63) is 12.3 Å². The van der Waals surface area contributed by atoms with E-state index in [4.69, 9.17) is 9.84 Å². The first-order valence-corrected chi connectivity index (χ1v) is 4.53. The summed E-state index contributed by atoms with van der Waals surface area (Å²) < 4.78 is 5.06. The summed E-state index contributed by atoms with van der Waals surface area (Å²) >= 11 is 0. The molecule has 0 atom stereocenters. The summed E-state index contributed by atoms with van der Waals surface area (Å²) in [4.78, 5) is 16.1. The highest BCUT2D eigenvalue weighted by atomic mass is 16.6. The molecule has 1 amide bonds. The molecule has 0 radical (unpaired) electrons. The Kier molecular flexibility index (Phi) is 5.00. The van der Waals surface area contributed by atoms with Crippen LogP contribution in [0.4, 0.5) is 4.79 Å². The monoisotopic (exact) mass is 214 g/mol. The first kappa shape index (κ1) is 13.6. The number of aliphatic hydroxyl groups excluding tert-OH is 1. The van der Waals surface area contributed by atoms with Crippen molar-refractivity contribution < 1.29 is 14.6 Å². The van der Waals surface area contributed by atoms with Crippen LogP contribution in [0, 0.1) is 0 Å². The van der Waals surface area contributed by atoms with Crippen molar-refractivity contribution in [3.63, 3.8) is 0 Å². The summed E-state index contributed by atoms with van der Waals surface area (Å²) in [5, 5.41) is 8.96. The number of rotatable bonds is 4. The Balaban J connectivity index is 4.35. The largest absolute Gasteiger partial charge is 0.444 e. The van der Waals surface area contributed by atoms with Crippen LogP contribution in [0.2, 0.25) is 0 Å². The second-order valence-electron chi connectivity index (χ2n) is 4.04. The Morgan fingerprint density at radius 1 is 1.53 bits per heavy atom. The standard InChI is InChI=1S/C10H18N2O3/c1-8(11-5)6-12(7-13)9(14)15-10(2,3)4/h13H,1,5-7H2,2-4H3. The van der Waals surface area contributed by atoms with E-state index in [1.54, 1.807) is 20.8 Å². The maximum absolute atomic E-state index is 11.5. The molecule has 15 heavy (non-hydrogen) atoms. The zero-order valence-corrected chi connectivity index (χ0v) is 9.49. The summed E-state index contributed by atoms with van der Waals surface area (Å²) in [5.74, 6) is 0. The van der Waals surface area contributed by atoms with Crippen molar-refractivity contribution in [2.24, 2.45) is 4.99 Å². The molecule has 0 aromatic rings. The molecule has 0 saturated heterocycles. The van der Waals surface area contributed by atoms with Gasteiger partial charge in [0.2, 0.25) is 0 Å². The Bertz CT molecular complexity index is 256. The predicted octanol–water partition coefficient (Wildman–Crippen LogP) is 1.39. The summed E-state index contributed by atoms with van der Waals surface area (Å²) in [5.41, 5.74) is -0.192. The third kappa shape index (κ3) is 5.85. The highest BCUT2D eigenvalue weighted by molar-refractivity contribution is 5.68. The zero-order valence-electron chi connectivity index (χ0n) is 9.49. The lowest BCUT2D eigenvalue weighted by atomic mass is 10.2. The molecular weight excluding hydrogens is 196 g/mol. The van der Waals surface area contributed by atoms with E-state index in [0.29, 0.717) is 5.70 Å². The van der Waals surface area contributed by atoms with Crippen LogP contribution in [0.15, 0.2) is 17.3 Å². The van der Waals surface area contributed by atoms with Crippen molar-refractivity contribution in [2.75, 3.05) is 13.3 Å². The molecule has 0 rings (SSSR count). The number of ether oxygens (including phenoxy) is 1. The van der Waals surface area contributed by atoms with Gasteiger partial charge in [0, 0.05) is 0 Å². The van der Waals surface area contributed by atoms with Crippen LogP contribution in [0.3, 0.4) is 0 Å². The average Bonchev–Trinajstić information content (AvgIpc) is 2.10. The molecule has 0 fully saturated rings. The van der Waals surface area contributed by atoms with Crippen molar-refractivity contribution >= 4 is 12.8 Å². The Hall–Kier alpha value is -1.36. The number of carbonyl (C=O) groups is 1. The van der Waals surface area contributed by atoms with Gasteiger partial charge in [-0.25, -0.2) is 4.79 Å². The maximum atomic E-state index is 11.5. The van der Waals surface area contributed by atoms with Gasteiger partial charge < -0.3 is 9.84 Å². The number of amides is 1. The second-order valence-corrected chi connectivity index (χ2v) is 4.04. The molecule has 0 aromatic heterocycles. The minimum Gasteiger partial charge on any atom is -0.444 e. The smallest absolute Gasteiger partial charge is 0.412 e. The minimum atomic E-state index is -0.602. The molecule has 0 aliphatic heterocycles. The number of aliphatic imine (C=N–C) groups is 1. The molecule has 1 N–H and O–H groups in total. The first-order valence-electron chi connectivity index (χ1n) is 4.53. The molecule has 0 saturated carbocycles. The predicted molar refractivity (Wildman–Crippen MR) is 58.7 cm³/mol. The molecule has 5 heteroatoms. The normalized spacial score (nSPS) is 10.7. The van der Waals surface area contributed by atoms with E-state index in [1.807, 2.05) is 0 Å². The van der Waals surface area contributed by atoms with Gasteiger partial charge in [0.1, 0.15) is 12.3 Å². The van der Waals surface area contributed by atoms with Crippen LogP contribution in [0.25, 0.3) is 0 Å². The number of hydrogen-bond acceptors (Lipinski definition) is 4. The number of aliphatic hydroxyl groups is 1. The molecule has 86 valence electrons. The van der Waals surface area contributed by atoms with Crippen LogP contribution in [0.1, 0.15) is 20.8 Å². The third-order valence-corrected chi connectivity index (χ3v) is 1.42. The van der Waals surface area contributed by atoms with E-state index >= 15 is 0 Å². The topological polar surface area (TPSA) is 62.1 Å². The van der Waals surface area contributed by atoms with E-state index in [2.05, 4.69) is 18.3 Å². The van der Waals surface area contributed by atoms with Crippen molar-refractivity contribution in [3.8, 4) is 0 Å². The molecule has 0 aliphatic rings. The van der Waals surface area contributed by atoms with Gasteiger partial charge in [0.25, 0.3) is 0 Å². The van der Waals surface area contributed by atoms with E-state index < -0.39 is 18.4 Å². The van der Waals surface area contributed by atoms with Gasteiger partial charge in [0.05, 0.1) is 12.2 Å². The molecule has 0 aliphatic carbocycles. The quantitative estimate of drug-likeness (QED) is 0.568. The molecule has 0 spiro atoms. The van der Waals surface area contributed by atoms with Gasteiger partial charge in [-0.3, -0.25) is 9.89 Å². The zero-order chi connectivity index (χ0) is 12.1. The van der Waals surface area contributed by atoms with Crippen LogP contribution in [-0.4, -0.2) is 41.7 Å². The summed E-state index contributed by atoms with van der Waals surface area (Å²) in [6, 6.07) is 0. The van der Waals surface area contributed by atoms with Gasteiger partial charge in [0.15, 0.2) is 0 Å². The van der Waals surface area contributed by atoms with Gasteiger partial charge in [-0.05, 0) is 27.5 Å². The highest BCUT2D eigenvalue weighted by Crippen LogP contribution is 2.10. The van der Waals surface area contributed by atoms with E-state index in [-0.39, 0.29) is 6.54 Å². The van der Waals surface area contributed by atoms with Crippen LogP contribution in [0.5, 0.6) is 0 Å². The molecule has 0 bridgehead atoms. The van der Waals surface area contributed by atoms with Gasteiger partial charge in [-0.2, -0.15) is 0 Å². The van der Waals surface area contributed by atoms with Gasteiger partial charge >= 0.3 is 6.09 Å². The number of hydrogen-bond donors (Lipinski definition) is 1. The van der Waals surface area contributed by atoms with Crippen molar-refractivity contribution in [1.82, 2.24) is 4.90 Å². The maximum Gasteiger partial charge on any atom is 0.412 e.